The molecule has 6 heteroatoms. The molecule has 0 aliphatic heterocycles. The van der Waals surface area contributed by atoms with Gasteiger partial charge in [-0.25, -0.2) is 0 Å². The van der Waals surface area contributed by atoms with Gasteiger partial charge in [-0.3, -0.25) is 4.79 Å². The van der Waals surface area contributed by atoms with Crippen LogP contribution < -0.4 is 20.1 Å². The highest BCUT2D eigenvalue weighted by Crippen LogP contribution is 2.32. The molecule has 0 saturated heterocycles. The SMILES string of the molecule is COCCNCC(=O)NCc1ccc(OC2CCCC2)c(OC)c1. The summed E-state index contributed by atoms with van der Waals surface area (Å²) in [4.78, 5) is 11.8. The first-order chi connectivity index (χ1) is 11.7. The lowest BCUT2D eigenvalue weighted by Gasteiger charge is -2.16. The Hall–Kier alpha value is -1.79. The summed E-state index contributed by atoms with van der Waals surface area (Å²) in [6, 6.07) is 5.81. The summed E-state index contributed by atoms with van der Waals surface area (Å²) < 4.78 is 16.4. The lowest BCUT2D eigenvalue weighted by molar-refractivity contribution is -0.120. The zero-order valence-electron chi connectivity index (χ0n) is 14.6. The number of amides is 1. The molecule has 0 radical (unpaired) electrons. The number of nitrogens with one attached hydrogen (secondary N) is 2. The molecule has 1 fully saturated rings. The molecule has 0 unspecified atom stereocenters. The molecule has 2 rings (SSSR count). The molecule has 24 heavy (non-hydrogen) atoms. The van der Waals surface area contributed by atoms with Crippen molar-refractivity contribution in [3.05, 3.63) is 23.8 Å². The normalized spacial score (nSPS) is 14.6. The Kier molecular flexibility index (Phi) is 7.85. The second kappa shape index (κ2) is 10.2. The monoisotopic (exact) mass is 336 g/mol. The average Bonchev–Trinajstić information content (AvgIpc) is 3.11. The van der Waals surface area contributed by atoms with Crippen LogP contribution in [0.2, 0.25) is 0 Å². The fraction of sp³-hybridized carbons (Fsp3) is 0.611. The van der Waals surface area contributed by atoms with Crippen LogP contribution in [0.5, 0.6) is 11.5 Å². The number of rotatable bonds is 10. The highest BCUT2D eigenvalue weighted by molar-refractivity contribution is 5.77. The van der Waals surface area contributed by atoms with Gasteiger partial charge >= 0.3 is 0 Å². The largest absolute Gasteiger partial charge is 0.493 e. The van der Waals surface area contributed by atoms with Crippen LogP contribution in [-0.2, 0) is 16.1 Å². The van der Waals surface area contributed by atoms with Gasteiger partial charge < -0.3 is 24.8 Å². The molecule has 1 saturated carbocycles. The van der Waals surface area contributed by atoms with Crippen LogP contribution in [0.15, 0.2) is 18.2 Å². The molecule has 1 aliphatic carbocycles. The lowest BCUT2D eigenvalue weighted by atomic mass is 10.2. The lowest BCUT2D eigenvalue weighted by Crippen LogP contribution is -2.34. The van der Waals surface area contributed by atoms with Gasteiger partial charge in [0, 0.05) is 20.2 Å². The van der Waals surface area contributed by atoms with Crippen LogP contribution in [0.1, 0.15) is 31.2 Å². The molecule has 1 amide bonds. The van der Waals surface area contributed by atoms with Crippen molar-refractivity contribution in [1.82, 2.24) is 10.6 Å². The van der Waals surface area contributed by atoms with Crippen LogP contribution in [0.3, 0.4) is 0 Å². The summed E-state index contributed by atoms with van der Waals surface area (Å²) in [7, 11) is 3.27. The van der Waals surface area contributed by atoms with E-state index in [1.165, 1.54) is 12.8 Å². The van der Waals surface area contributed by atoms with Crippen LogP contribution in [0, 0.1) is 0 Å². The van der Waals surface area contributed by atoms with Gasteiger partial charge in [-0.15, -0.1) is 0 Å². The molecule has 2 N–H and O–H groups in total. The summed E-state index contributed by atoms with van der Waals surface area (Å²) >= 11 is 0. The second-order valence-corrected chi connectivity index (χ2v) is 5.96. The standard InChI is InChI=1S/C18H28N2O4/c1-22-10-9-19-13-18(21)20-12-14-7-8-16(17(11-14)23-2)24-15-5-3-4-6-15/h7-8,11,15,19H,3-6,9-10,12-13H2,1-2H3,(H,20,21). The maximum Gasteiger partial charge on any atom is 0.234 e. The fourth-order valence-electron chi connectivity index (χ4n) is 2.74. The van der Waals surface area contributed by atoms with Gasteiger partial charge in [-0.1, -0.05) is 6.07 Å². The van der Waals surface area contributed by atoms with Crippen LogP contribution in [0.25, 0.3) is 0 Å². The predicted molar refractivity (Wildman–Crippen MR) is 92.5 cm³/mol. The molecule has 1 aromatic carbocycles. The molecule has 6 nitrogen and oxygen atoms in total. The summed E-state index contributed by atoms with van der Waals surface area (Å²) in [5.41, 5.74) is 0.982. The van der Waals surface area contributed by atoms with Gasteiger partial charge in [0.2, 0.25) is 5.91 Å². The third-order valence-corrected chi connectivity index (χ3v) is 4.08. The maximum absolute atomic E-state index is 11.8. The minimum Gasteiger partial charge on any atom is -0.493 e. The number of hydrogen-bond acceptors (Lipinski definition) is 5. The van der Waals surface area contributed by atoms with Crippen molar-refractivity contribution in [2.45, 2.75) is 38.3 Å². The summed E-state index contributed by atoms with van der Waals surface area (Å²) in [6.07, 6.45) is 4.97. The number of hydrogen-bond donors (Lipinski definition) is 2. The maximum atomic E-state index is 11.8. The van der Waals surface area contributed by atoms with Gasteiger partial charge in [0.1, 0.15) is 0 Å². The minimum atomic E-state index is -0.0450. The highest BCUT2D eigenvalue weighted by atomic mass is 16.5. The zero-order chi connectivity index (χ0) is 17.2. The van der Waals surface area contributed by atoms with Crippen molar-refractivity contribution in [2.24, 2.45) is 0 Å². The van der Waals surface area contributed by atoms with E-state index in [1.54, 1.807) is 14.2 Å². The van der Waals surface area contributed by atoms with Crippen LogP contribution in [-0.4, -0.2) is 45.9 Å². The Morgan fingerprint density at radius 3 is 2.71 bits per heavy atom. The van der Waals surface area contributed by atoms with Crippen molar-refractivity contribution < 1.29 is 19.0 Å². The molecular formula is C18H28N2O4. The second-order valence-electron chi connectivity index (χ2n) is 5.96. The third kappa shape index (κ3) is 6.02. The van der Waals surface area contributed by atoms with E-state index >= 15 is 0 Å². The van der Waals surface area contributed by atoms with E-state index in [2.05, 4.69) is 10.6 Å². The van der Waals surface area contributed by atoms with Crippen LogP contribution >= 0.6 is 0 Å². The minimum absolute atomic E-state index is 0.0450. The van der Waals surface area contributed by atoms with E-state index in [0.29, 0.717) is 31.5 Å². The first-order valence-electron chi connectivity index (χ1n) is 8.53. The molecule has 0 spiro atoms. The van der Waals surface area contributed by atoms with Gasteiger partial charge in [-0.05, 0) is 43.4 Å². The Labute approximate surface area is 143 Å². The molecule has 1 aromatic rings. The van der Waals surface area contributed by atoms with Crippen LogP contribution in [0.4, 0.5) is 0 Å². The van der Waals surface area contributed by atoms with Gasteiger partial charge in [-0.2, -0.15) is 0 Å². The first kappa shape index (κ1) is 18.5. The van der Waals surface area contributed by atoms with E-state index in [1.807, 2.05) is 18.2 Å². The molecule has 0 heterocycles. The van der Waals surface area contributed by atoms with E-state index in [0.717, 1.165) is 24.2 Å². The van der Waals surface area contributed by atoms with E-state index < -0.39 is 0 Å². The molecular weight excluding hydrogens is 308 g/mol. The van der Waals surface area contributed by atoms with E-state index in [4.69, 9.17) is 14.2 Å². The highest BCUT2D eigenvalue weighted by Gasteiger charge is 2.18. The van der Waals surface area contributed by atoms with Crippen molar-refractivity contribution in [3.8, 4) is 11.5 Å². The van der Waals surface area contributed by atoms with Gasteiger partial charge in [0.05, 0.1) is 26.4 Å². The number of carbonyl (C=O) groups is 1. The first-order valence-corrected chi connectivity index (χ1v) is 8.53. The molecule has 0 atom stereocenters. The number of ether oxygens (including phenoxy) is 3. The predicted octanol–water partition coefficient (Wildman–Crippen LogP) is 1.87. The quantitative estimate of drug-likeness (QED) is 0.639. The topological polar surface area (TPSA) is 68.8 Å². The van der Waals surface area contributed by atoms with Crippen molar-refractivity contribution >= 4 is 5.91 Å². The van der Waals surface area contributed by atoms with Crippen molar-refractivity contribution in [1.29, 1.82) is 0 Å². The molecule has 0 bridgehead atoms. The van der Waals surface area contributed by atoms with Crippen molar-refractivity contribution in [2.75, 3.05) is 33.9 Å². The van der Waals surface area contributed by atoms with Crippen molar-refractivity contribution in [3.63, 3.8) is 0 Å². The zero-order valence-corrected chi connectivity index (χ0v) is 14.6. The van der Waals surface area contributed by atoms with Gasteiger partial charge in [0.25, 0.3) is 0 Å². The molecule has 134 valence electrons. The van der Waals surface area contributed by atoms with E-state index in [9.17, 15) is 4.79 Å². The Balaban J connectivity index is 1.81. The van der Waals surface area contributed by atoms with E-state index in [-0.39, 0.29) is 12.5 Å². The summed E-state index contributed by atoms with van der Waals surface area (Å²) in [5.74, 6) is 1.45. The smallest absolute Gasteiger partial charge is 0.234 e. The number of benzene rings is 1. The Bertz CT molecular complexity index is 516. The molecule has 1 aliphatic rings. The molecule has 0 aromatic heterocycles. The fourth-order valence-corrected chi connectivity index (χ4v) is 2.74. The Morgan fingerprint density at radius 2 is 2.00 bits per heavy atom. The number of methoxy groups -OCH3 is 2. The summed E-state index contributed by atoms with van der Waals surface area (Å²) in [6.45, 7) is 1.99. The van der Waals surface area contributed by atoms with Gasteiger partial charge in [0.15, 0.2) is 11.5 Å². The average molecular weight is 336 g/mol. The Morgan fingerprint density at radius 1 is 1.21 bits per heavy atom. The number of carbonyl (C=O) groups excluding carboxylic acids is 1. The summed E-state index contributed by atoms with van der Waals surface area (Å²) in [5, 5.41) is 5.89. The third-order valence-electron chi connectivity index (χ3n) is 4.08.